The van der Waals surface area contributed by atoms with Crippen molar-refractivity contribution in [2.45, 2.75) is 11.1 Å². The second-order valence-corrected chi connectivity index (χ2v) is 3.78. The third-order valence-corrected chi connectivity index (χ3v) is 2.52. The van der Waals surface area contributed by atoms with Crippen molar-refractivity contribution >= 4 is 12.6 Å². The molecule has 1 aromatic heterocycles. The SMILES string of the molecule is FC(F)(F)c1ccc(S)c(-c2ncccn2)c1. The second-order valence-electron chi connectivity index (χ2n) is 3.30. The van der Waals surface area contributed by atoms with Crippen LogP contribution in [-0.4, -0.2) is 9.97 Å². The number of hydrogen-bond acceptors (Lipinski definition) is 3. The number of halogens is 3. The largest absolute Gasteiger partial charge is 0.416 e. The van der Waals surface area contributed by atoms with Gasteiger partial charge in [0.2, 0.25) is 0 Å². The molecule has 0 aliphatic carbocycles. The monoisotopic (exact) mass is 256 g/mol. The van der Waals surface area contributed by atoms with Gasteiger partial charge in [-0.05, 0) is 24.3 Å². The van der Waals surface area contributed by atoms with Crippen LogP contribution >= 0.6 is 12.6 Å². The molecule has 0 atom stereocenters. The van der Waals surface area contributed by atoms with E-state index in [0.29, 0.717) is 4.90 Å². The predicted molar refractivity (Wildman–Crippen MR) is 59.7 cm³/mol. The van der Waals surface area contributed by atoms with E-state index in [4.69, 9.17) is 0 Å². The van der Waals surface area contributed by atoms with Crippen LogP contribution in [0.2, 0.25) is 0 Å². The van der Waals surface area contributed by atoms with Gasteiger partial charge in [0.1, 0.15) is 0 Å². The summed E-state index contributed by atoms with van der Waals surface area (Å²) >= 11 is 4.10. The van der Waals surface area contributed by atoms with E-state index in [1.165, 1.54) is 18.5 Å². The minimum Gasteiger partial charge on any atom is -0.237 e. The maximum Gasteiger partial charge on any atom is 0.416 e. The minimum absolute atomic E-state index is 0.226. The molecular formula is C11H7F3N2S. The summed E-state index contributed by atoms with van der Waals surface area (Å²) in [5, 5.41) is 0. The Kier molecular flexibility index (Phi) is 3.06. The molecule has 0 radical (unpaired) electrons. The second kappa shape index (κ2) is 4.37. The van der Waals surface area contributed by atoms with Gasteiger partial charge in [-0.3, -0.25) is 0 Å². The van der Waals surface area contributed by atoms with Crippen molar-refractivity contribution in [3.8, 4) is 11.4 Å². The Balaban J connectivity index is 2.55. The van der Waals surface area contributed by atoms with E-state index in [9.17, 15) is 13.2 Å². The highest BCUT2D eigenvalue weighted by atomic mass is 32.1. The maximum atomic E-state index is 12.5. The lowest BCUT2D eigenvalue weighted by atomic mass is 10.1. The molecule has 0 unspecified atom stereocenters. The van der Waals surface area contributed by atoms with Crippen molar-refractivity contribution in [1.82, 2.24) is 9.97 Å². The first-order chi connectivity index (χ1) is 7.98. The predicted octanol–water partition coefficient (Wildman–Crippen LogP) is 3.45. The average molecular weight is 256 g/mol. The number of thiol groups is 1. The number of hydrogen-bond donors (Lipinski definition) is 1. The van der Waals surface area contributed by atoms with Crippen LogP contribution in [0, 0.1) is 0 Å². The first-order valence-electron chi connectivity index (χ1n) is 4.66. The Hall–Kier alpha value is -1.56. The normalized spacial score (nSPS) is 11.5. The van der Waals surface area contributed by atoms with Crippen LogP contribution in [-0.2, 0) is 6.18 Å². The molecule has 2 rings (SSSR count). The molecule has 0 aliphatic rings. The van der Waals surface area contributed by atoms with Crippen LogP contribution in [0.4, 0.5) is 13.2 Å². The molecule has 0 amide bonds. The lowest BCUT2D eigenvalue weighted by molar-refractivity contribution is -0.137. The van der Waals surface area contributed by atoms with Gasteiger partial charge in [0, 0.05) is 22.9 Å². The summed E-state index contributed by atoms with van der Waals surface area (Å²) in [6, 6.07) is 4.86. The zero-order chi connectivity index (χ0) is 12.5. The lowest BCUT2D eigenvalue weighted by Crippen LogP contribution is -2.05. The fourth-order valence-electron chi connectivity index (χ4n) is 1.33. The Labute approximate surface area is 101 Å². The van der Waals surface area contributed by atoms with Crippen LogP contribution in [0.15, 0.2) is 41.6 Å². The Morgan fingerprint density at radius 2 is 1.71 bits per heavy atom. The molecule has 0 N–H and O–H groups in total. The Bertz CT molecular complexity index is 526. The molecule has 0 bridgehead atoms. The first-order valence-corrected chi connectivity index (χ1v) is 5.11. The molecule has 88 valence electrons. The molecule has 2 aromatic rings. The fraction of sp³-hybridized carbons (Fsp3) is 0.0909. The van der Waals surface area contributed by atoms with Crippen LogP contribution in [0.1, 0.15) is 5.56 Å². The summed E-state index contributed by atoms with van der Waals surface area (Å²) < 4.78 is 37.6. The molecular weight excluding hydrogens is 249 g/mol. The minimum atomic E-state index is -4.38. The highest BCUT2D eigenvalue weighted by molar-refractivity contribution is 7.80. The van der Waals surface area contributed by atoms with E-state index in [0.717, 1.165) is 12.1 Å². The summed E-state index contributed by atoms with van der Waals surface area (Å²) in [7, 11) is 0. The summed E-state index contributed by atoms with van der Waals surface area (Å²) in [6.45, 7) is 0. The van der Waals surface area contributed by atoms with Gasteiger partial charge in [-0.1, -0.05) is 0 Å². The number of benzene rings is 1. The Morgan fingerprint density at radius 1 is 1.06 bits per heavy atom. The molecule has 1 aromatic carbocycles. The van der Waals surface area contributed by atoms with Crippen molar-refractivity contribution in [1.29, 1.82) is 0 Å². The zero-order valence-corrected chi connectivity index (χ0v) is 9.33. The molecule has 1 heterocycles. The molecule has 0 saturated heterocycles. The molecule has 6 heteroatoms. The maximum absolute atomic E-state index is 12.5. The third-order valence-electron chi connectivity index (χ3n) is 2.13. The zero-order valence-electron chi connectivity index (χ0n) is 8.44. The molecule has 0 spiro atoms. The van der Waals surface area contributed by atoms with Crippen molar-refractivity contribution in [2.75, 3.05) is 0 Å². The van der Waals surface area contributed by atoms with Crippen LogP contribution in [0.5, 0.6) is 0 Å². The summed E-state index contributed by atoms with van der Waals surface area (Å²) in [5.74, 6) is 0.226. The molecule has 17 heavy (non-hydrogen) atoms. The van der Waals surface area contributed by atoms with E-state index < -0.39 is 11.7 Å². The van der Waals surface area contributed by atoms with Crippen LogP contribution in [0.25, 0.3) is 11.4 Å². The number of aromatic nitrogens is 2. The first kappa shape index (κ1) is 11.9. The van der Waals surface area contributed by atoms with Gasteiger partial charge in [-0.2, -0.15) is 13.2 Å². The van der Waals surface area contributed by atoms with Crippen molar-refractivity contribution in [2.24, 2.45) is 0 Å². The van der Waals surface area contributed by atoms with Crippen molar-refractivity contribution in [3.05, 3.63) is 42.2 Å². The number of rotatable bonds is 1. The molecule has 0 saturated carbocycles. The summed E-state index contributed by atoms with van der Waals surface area (Å²) in [5.41, 5.74) is -0.471. The van der Waals surface area contributed by atoms with Gasteiger partial charge in [0.25, 0.3) is 0 Å². The van der Waals surface area contributed by atoms with E-state index in [1.807, 2.05) is 0 Å². The average Bonchev–Trinajstić information content (AvgIpc) is 2.29. The number of nitrogens with zero attached hydrogens (tertiary/aromatic N) is 2. The quantitative estimate of drug-likeness (QED) is 0.791. The molecule has 2 nitrogen and oxygen atoms in total. The third kappa shape index (κ3) is 2.58. The van der Waals surface area contributed by atoms with Crippen LogP contribution < -0.4 is 0 Å². The molecule has 0 aliphatic heterocycles. The van der Waals surface area contributed by atoms with Gasteiger partial charge < -0.3 is 0 Å². The van der Waals surface area contributed by atoms with E-state index >= 15 is 0 Å². The van der Waals surface area contributed by atoms with Gasteiger partial charge in [0.05, 0.1) is 5.56 Å². The fourth-order valence-corrected chi connectivity index (χ4v) is 1.57. The summed E-state index contributed by atoms with van der Waals surface area (Å²) in [6.07, 6.45) is -1.45. The standard InChI is InChI=1S/C11H7F3N2S/c12-11(13,14)7-2-3-9(17)8(6-7)10-15-4-1-5-16-10/h1-6,17H. The van der Waals surface area contributed by atoms with E-state index in [1.54, 1.807) is 6.07 Å². The van der Waals surface area contributed by atoms with Gasteiger partial charge in [0.15, 0.2) is 5.82 Å². The smallest absolute Gasteiger partial charge is 0.237 e. The van der Waals surface area contributed by atoms with Gasteiger partial charge >= 0.3 is 6.18 Å². The van der Waals surface area contributed by atoms with E-state index in [-0.39, 0.29) is 11.4 Å². The number of alkyl halides is 3. The Morgan fingerprint density at radius 3 is 2.29 bits per heavy atom. The molecule has 0 fully saturated rings. The van der Waals surface area contributed by atoms with Gasteiger partial charge in [-0.25, -0.2) is 9.97 Å². The lowest BCUT2D eigenvalue weighted by Gasteiger charge is -2.09. The van der Waals surface area contributed by atoms with E-state index in [2.05, 4.69) is 22.6 Å². The van der Waals surface area contributed by atoms with Crippen LogP contribution in [0.3, 0.4) is 0 Å². The highest BCUT2D eigenvalue weighted by Gasteiger charge is 2.31. The topological polar surface area (TPSA) is 25.8 Å². The summed E-state index contributed by atoms with van der Waals surface area (Å²) in [4.78, 5) is 8.22. The van der Waals surface area contributed by atoms with Gasteiger partial charge in [-0.15, -0.1) is 12.6 Å². The van der Waals surface area contributed by atoms with Crippen molar-refractivity contribution < 1.29 is 13.2 Å². The highest BCUT2D eigenvalue weighted by Crippen LogP contribution is 2.33. The van der Waals surface area contributed by atoms with Crippen molar-refractivity contribution in [3.63, 3.8) is 0 Å².